The van der Waals surface area contributed by atoms with Gasteiger partial charge in [-0.2, -0.15) is 0 Å². The molecule has 1 aromatic heterocycles. The summed E-state index contributed by atoms with van der Waals surface area (Å²) in [6, 6.07) is 9.61. The van der Waals surface area contributed by atoms with Crippen molar-refractivity contribution in [2.45, 2.75) is 42.7 Å². The van der Waals surface area contributed by atoms with Gasteiger partial charge in [-0.15, -0.1) is 0 Å². The van der Waals surface area contributed by atoms with E-state index in [-0.39, 0.29) is 17.0 Å². The minimum Gasteiger partial charge on any atom is -0.474 e. The highest BCUT2D eigenvalue weighted by atomic mass is 35.5. The normalized spacial score (nSPS) is 21.0. The molecule has 3 rings (SSSR count). The van der Waals surface area contributed by atoms with Gasteiger partial charge in [-0.25, -0.2) is 18.1 Å². The van der Waals surface area contributed by atoms with Gasteiger partial charge in [0.25, 0.3) is 0 Å². The maximum absolute atomic E-state index is 12.4. The number of hydrogen-bond acceptors (Lipinski definition) is 4. The van der Waals surface area contributed by atoms with E-state index in [9.17, 15) is 8.42 Å². The van der Waals surface area contributed by atoms with Crippen molar-refractivity contribution in [3.05, 3.63) is 52.6 Å². The molecule has 0 unspecified atom stereocenters. The smallest absolute Gasteiger partial charge is 0.240 e. The largest absolute Gasteiger partial charge is 0.474 e. The fraction of sp³-hybridized carbons (Fsp3) is 0.353. The van der Waals surface area contributed by atoms with Gasteiger partial charge in [0.1, 0.15) is 6.10 Å². The molecular weight excluding hydrogens is 383 g/mol. The molecule has 134 valence electrons. The summed E-state index contributed by atoms with van der Waals surface area (Å²) in [5.41, 5.74) is 0. The van der Waals surface area contributed by atoms with E-state index in [4.69, 9.17) is 27.9 Å². The Balaban J connectivity index is 1.54. The second-order valence-electron chi connectivity index (χ2n) is 5.98. The van der Waals surface area contributed by atoms with E-state index in [1.165, 1.54) is 12.1 Å². The fourth-order valence-electron chi connectivity index (χ4n) is 2.82. The van der Waals surface area contributed by atoms with Crippen molar-refractivity contribution in [1.82, 2.24) is 9.71 Å². The van der Waals surface area contributed by atoms with Gasteiger partial charge in [0.2, 0.25) is 15.9 Å². The van der Waals surface area contributed by atoms with E-state index < -0.39 is 10.0 Å². The van der Waals surface area contributed by atoms with Crippen molar-refractivity contribution in [3.63, 3.8) is 0 Å². The molecule has 1 fully saturated rings. The number of pyridine rings is 1. The SMILES string of the molecule is O=S(=O)(NC1CCC(Oc2ccc(Cl)cn2)CC1)c1cccc(Cl)c1. The maximum Gasteiger partial charge on any atom is 0.240 e. The van der Waals surface area contributed by atoms with E-state index in [0.29, 0.717) is 28.8 Å². The number of halogens is 2. The molecule has 1 aliphatic carbocycles. The molecule has 8 heteroatoms. The van der Waals surface area contributed by atoms with Crippen molar-refractivity contribution in [2.75, 3.05) is 0 Å². The lowest BCUT2D eigenvalue weighted by atomic mass is 9.94. The summed E-state index contributed by atoms with van der Waals surface area (Å²) >= 11 is 11.7. The molecule has 1 N–H and O–H groups in total. The number of sulfonamides is 1. The Morgan fingerprint density at radius 3 is 2.44 bits per heavy atom. The molecule has 0 radical (unpaired) electrons. The van der Waals surface area contributed by atoms with E-state index in [1.807, 2.05) is 0 Å². The number of benzene rings is 1. The molecule has 0 bridgehead atoms. The standard InChI is InChI=1S/C17H18Cl2N2O3S/c18-12-2-1-3-16(10-12)25(22,23)21-14-5-7-15(8-6-14)24-17-9-4-13(19)11-20-17/h1-4,9-11,14-15,21H,5-8H2. The first kappa shape index (κ1) is 18.5. The zero-order valence-corrected chi connectivity index (χ0v) is 15.7. The van der Waals surface area contributed by atoms with E-state index >= 15 is 0 Å². The second kappa shape index (κ2) is 7.91. The number of aromatic nitrogens is 1. The van der Waals surface area contributed by atoms with Crippen molar-refractivity contribution < 1.29 is 13.2 Å². The quantitative estimate of drug-likeness (QED) is 0.821. The highest BCUT2D eigenvalue weighted by molar-refractivity contribution is 7.89. The van der Waals surface area contributed by atoms with Gasteiger partial charge >= 0.3 is 0 Å². The summed E-state index contributed by atoms with van der Waals surface area (Å²) in [5.74, 6) is 0.535. The zero-order valence-electron chi connectivity index (χ0n) is 13.4. The summed E-state index contributed by atoms with van der Waals surface area (Å²) in [7, 11) is -3.57. The number of rotatable bonds is 5. The lowest BCUT2D eigenvalue weighted by molar-refractivity contribution is 0.138. The lowest BCUT2D eigenvalue weighted by Crippen LogP contribution is -2.39. The molecule has 1 aromatic carbocycles. The van der Waals surface area contributed by atoms with Crippen molar-refractivity contribution in [2.24, 2.45) is 0 Å². The highest BCUT2D eigenvalue weighted by Gasteiger charge is 2.27. The Hall–Kier alpha value is -1.34. The molecule has 0 atom stereocenters. The Morgan fingerprint density at radius 1 is 1.04 bits per heavy atom. The van der Waals surface area contributed by atoms with Crippen LogP contribution in [0.4, 0.5) is 0 Å². The third-order valence-corrected chi connectivity index (χ3v) is 6.07. The predicted octanol–water partition coefficient (Wildman–Crippen LogP) is 4.06. The predicted molar refractivity (Wildman–Crippen MR) is 97.7 cm³/mol. The van der Waals surface area contributed by atoms with Crippen LogP contribution in [0.1, 0.15) is 25.7 Å². The minimum absolute atomic E-state index is 0.0283. The molecule has 1 saturated carbocycles. The summed E-state index contributed by atoms with van der Waals surface area (Å²) < 4.78 is 33.4. The van der Waals surface area contributed by atoms with Gasteiger partial charge in [0, 0.05) is 23.3 Å². The summed E-state index contributed by atoms with van der Waals surface area (Å²) in [4.78, 5) is 4.30. The summed E-state index contributed by atoms with van der Waals surface area (Å²) in [5, 5.41) is 0.960. The molecule has 0 amide bonds. The Labute approximate surface area is 157 Å². The molecule has 1 heterocycles. The van der Waals surface area contributed by atoms with Gasteiger partial charge in [-0.3, -0.25) is 0 Å². The third kappa shape index (κ3) is 5.07. The van der Waals surface area contributed by atoms with E-state index in [0.717, 1.165) is 12.8 Å². The van der Waals surface area contributed by atoms with Gasteiger partial charge < -0.3 is 4.74 Å². The average Bonchev–Trinajstić information content (AvgIpc) is 2.58. The first-order valence-corrected chi connectivity index (χ1v) is 10.2. The summed E-state index contributed by atoms with van der Waals surface area (Å²) in [6.45, 7) is 0. The highest BCUT2D eigenvalue weighted by Crippen LogP contribution is 2.25. The number of nitrogens with zero attached hydrogens (tertiary/aromatic N) is 1. The topological polar surface area (TPSA) is 68.3 Å². The lowest BCUT2D eigenvalue weighted by Gasteiger charge is -2.29. The van der Waals surface area contributed by atoms with Crippen LogP contribution in [-0.4, -0.2) is 25.5 Å². The van der Waals surface area contributed by atoms with Gasteiger partial charge in [-0.05, 0) is 49.9 Å². The third-order valence-electron chi connectivity index (χ3n) is 4.09. The molecule has 0 spiro atoms. The molecule has 0 saturated heterocycles. The van der Waals surface area contributed by atoms with Crippen LogP contribution in [0.25, 0.3) is 0 Å². The van der Waals surface area contributed by atoms with Gasteiger partial charge in [-0.1, -0.05) is 29.3 Å². The van der Waals surface area contributed by atoms with E-state index in [2.05, 4.69) is 9.71 Å². The fourth-order valence-corrected chi connectivity index (χ4v) is 4.54. The Morgan fingerprint density at radius 2 is 1.80 bits per heavy atom. The van der Waals surface area contributed by atoms with Crippen LogP contribution < -0.4 is 9.46 Å². The maximum atomic E-state index is 12.4. The Kier molecular flexibility index (Phi) is 5.84. The van der Waals surface area contributed by atoms with Crippen LogP contribution in [0.15, 0.2) is 47.5 Å². The Bertz CT molecular complexity index is 820. The molecule has 5 nitrogen and oxygen atoms in total. The van der Waals surface area contributed by atoms with Crippen LogP contribution in [0, 0.1) is 0 Å². The molecule has 1 aliphatic rings. The summed E-state index contributed by atoms with van der Waals surface area (Å²) in [6.07, 6.45) is 4.50. The first-order chi connectivity index (χ1) is 11.9. The van der Waals surface area contributed by atoms with E-state index in [1.54, 1.807) is 30.5 Å². The first-order valence-electron chi connectivity index (χ1n) is 7.98. The molecule has 25 heavy (non-hydrogen) atoms. The van der Waals surface area contributed by atoms with Crippen LogP contribution in [0.2, 0.25) is 10.0 Å². The number of nitrogens with one attached hydrogen (secondary N) is 1. The van der Waals surface area contributed by atoms with Crippen LogP contribution in [0.5, 0.6) is 5.88 Å². The second-order valence-corrected chi connectivity index (χ2v) is 8.57. The van der Waals surface area contributed by atoms with Crippen LogP contribution in [0.3, 0.4) is 0 Å². The van der Waals surface area contributed by atoms with Crippen molar-refractivity contribution >= 4 is 33.2 Å². The average molecular weight is 401 g/mol. The van der Waals surface area contributed by atoms with Gasteiger partial charge in [0.05, 0.1) is 9.92 Å². The zero-order chi connectivity index (χ0) is 17.9. The molecule has 0 aliphatic heterocycles. The van der Waals surface area contributed by atoms with Crippen LogP contribution >= 0.6 is 23.2 Å². The molecular formula is C17H18Cl2N2O3S. The monoisotopic (exact) mass is 400 g/mol. The van der Waals surface area contributed by atoms with Crippen molar-refractivity contribution in [3.8, 4) is 5.88 Å². The van der Waals surface area contributed by atoms with Crippen molar-refractivity contribution in [1.29, 1.82) is 0 Å². The molecule has 2 aromatic rings. The van der Waals surface area contributed by atoms with Gasteiger partial charge in [0.15, 0.2) is 0 Å². The van der Waals surface area contributed by atoms with Crippen LogP contribution in [-0.2, 0) is 10.0 Å². The minimum atomic E-state index is -3.57. The number of hydrogen-bond donors (Lipinski definition) is 1. The number of ether oxygens (including phenoxy) is 1.